The fourth-order valence-electron chi connectivity index (χ4n) is 2.62. The molecular weight excluding hydrogens is 438 g/mol. The molecular formula is C22H20BrNO3S. The number of benzene rings is 3. The van der Waals surface area contributed by atoms with E-state index in [-0.39, 0.29) is 5.91 Å². The van der Waals surface area contributed by atoms with Crippen LogP contribution in [0.5, 0.6) is 11.5 Å². The number of nitrogens with one attached hydrogen (secondary N) is 1. The number of thioether (sulfide) groups is 1. The zero-order valence-corrected chi connectivity index (χ0v) is 18.0. The summed E-state index contributed by atoms with van der Waals surface area (Å²) in [5, 5.41) is 2.92. The molecule has 0 aliphatic heterocycles. The van der Waals surface area contributed by atoms with Crippen LogP contribution in [-0.4, -0.2) is 19.3 Å². The number of anilines is 1. The summed E-state index contributed by atoms with van der Waals surface area (Å²) in [6, 6.07) is 21.0. The number of amides is 1. The average molecular weight is 458 g/mol. The van der Waals surface area contributed by atoms with Gasteiger partial charge < -0.3 is 14.8 Å². The summed E-state index contributed by atoms with van der Waals surface area (Å²) in [5.41, 5.74) is 2.27. The first-order valence-electron chi connectivity index (χ1n) is 8.60. The summed E-state index contributed by atoms with van der Waals surface area (Å²) in [6.07, 6.45) is 2.00. The molecule has 0 heterocycles. The van der Waals surface area contributed by atoms with Crippen molar-refractivity contribution in [3.8, 4) is 11.5 Å². The topological polar surface area (TPSA) is 47.6 Å². The van der Waals surface area contributed by atoms with E-state index in [1.807, 2.05) is 60.9 Å². The largest absolute Gasteiger partial charge is 0.493 e. The third kappa shape index (κ3) is 5.09. The summed E-state index contributed by atoms with van der Waals surface area (Å²) < 4.78 is 12.0. The molecule has 4 nitrogen and oxygen atoms in total. The maximum absolute atomic E-state index is 12.7. The van der Waals surface area contributed by atoms with Gasteiger partial charge in [0.05, 0.1) is 11.6 Å². The van der Waals surface area contributed by atoms with Gasteiger partial charge >= 0.3 is 0 Å². The third-order valence-electron chi connectivity index (χ3n) is 4.05. The smallest absolute Gasteiger partial charge is 0.255 e. The van der Waals surface area contributed by atoms with E-state index in [0.29, 0.717) is 28.1 Å². The van der Waals surface area contributed by atoms with Gasteiger partial charge in [0.25, 0.3) is 5.91 Å². The van der Waals surface area contributed by atoms with Crippen LogP contribution in [0.1, 0.15) is 15.9 Å². The second kappa shape index (κ2) is 9.66. The monoisotopic (exact) mass is 457 g/mol. The fourth-order valence-corrected chi connectivity index (χ4v) is 3.64. The molecule has 0 saturated carbocycles. The van der Waals surface area contributed by atoms with Gasteiger partial charge in [0.2, 0.25) is 0 Å². The first kappa shape index (κ1) is 20.3. The molecule has 144 valence electrons. The van der Waals surface area contributed by atoms with Crippen molar-refractivity contribution in [2.75, 3.05) is 18.7 Å². The van der Waals surface area contributed by atoms with Crippen molar-refractivity contribution in [2.45, 2.75) is 11.5 Å². The van der Waals surface area contributed by atoms with E-state index in [2.05, 4.69) is 21.2 Å². The number of methoxy groups -OCH3 is 1. The van der Waals surface area contributed by atoms with Crippen LogP contribution < -0.4 is 14.8 Å². The molecule has 28 heavy (non-hydrogen) atoms. The van der Waals surface area contributed by atoms with Crippen LogP contribution in [0, 0.1) is 0 Å². The molecule has 3 rings (SSSR count). The second-order valence-corrected chi connectivity index (χ2v) is 7.68. The number of rotatable bonds is 7. The molecule has 0 aromatic heterocycles. The number of hydrogen-bond donors (Lipinski definition) is 1. The Morgan fingerprint density at radius 1 is 1.07 bits per heavy atom. The SMILES string of the molecule is COc1cc(C(=O)Nc2cccc(SC)c2)cc(Br)c1OCc1ccccc1. The maximum atomic E-state index is 12.7. The van der Waals surface area contributed by atoms with Crippen LogP contribution >= 0.6 is 27.7 Å². The lowest BCUT2D eigenvalue weighted by Gasteiger charge is -2.15. The predicted octanol–water partition coefficient (Wildman–Crippen LogP) is 6.01. The Balaban J connectivity index is 1.78. The molecule has 0 saturated heterocycles. The van der Waals surface area contributed by atoms with Crippen molar-refractivity contribution in [3.05, 3.63) is 82.3 Å². The Hall–Kier alpha value is -2.44. The molecule has 3 aromatic rings. The van der Waals surface area contributed by atoms with Gasteiger partial charge in [0, 0.05) is 16.1 Å². The van der Waals surface area contributed by atoms with Crippen molar-refractivity contribution in [1.29, 1.82) is 0 Å². The zero-order chi connectivity index (χ0) is 19.9. The molecule has 0 unspecified atom stereocenters. The van der Waals surface area contributed by atoms with Gasteiger partial charge in [-0.25, -0.2) is 0 Å². The van der Waals surface area contributed by atoms with Gasteiger partial charge in [-0.05, 0) is 58.1 Å². The quantitative estimate of drug-likeness (QED) is 0.441. The van der Waals surface area contributed by atoms with Crippen LogP contribution in [0.3, 0.4) is 0 Å². The standard InChI is InChI=1S/C22H20BrNO3S/c1-26-20-12-16(22(25)24-17-9-6-10-18(13-17)28-2)11-19(23)21(20)27-14-15-7-4-3-5-8-15/h3-13H,14H2,1-2H3,(H,24,25). The third-order valence-corrected chi connectivity index (χ3v) is 5.36. The van der Waals surface area contributed by atoms with Crippen LogP contribution in [-0.2, 0) is 6.61 Å². The number of carbonyl (C=O) groups excluding carboxylic acids is 1. The van der Waals surface area contributed by atoms with Crippen LogP contribution in [0.4, 0.5) is 5.69 Å². The average Bonchev–Trinajstić information content (AvgIpc) is 2.73. The van der Waals surface area contributed by atoms with Crippen molar-refractivity contribution >= 4 is 39.3 Å². The molecule has 0 radical (unpaired) electrons. The Morgan fingerprint density at radius 2 is 1.86 bits per heavy atom. The lowest BCUT2D eigenvalue weighted by atomic mass is 10.1. The van der Waals surface area contributed by atoms with E-state index in [0.717, 1.165) is 16.1 Å². The Morgan fingerprint density at radius 3 is 2.57 bits per heavy atom. The van der Waals surface area contributed by atoms with Crippen molar-refractivity contribution in [1.82, 2.24) is 0 Å². The molecule has 0 bridgehead atoms. The van der Waals surface area contributed by atoms with Crippen molar-refractivity contribution < 1.29 is 14.3 Å². The van der Waals surface area contributed by atoms with Gasteiger partial charge in [-0.1, -0.05) is 36.4 Å². The van der Waals surface area contributed by atoms with Crippen molar-refractivity contribution in [2.24, 2.45) is 0 Å². The highest BCUT2D eigenvalue weighted by molar-refractivity contribution is 9.10. The fraction of sp³-hybridized carbons (Fsp3) is 0.136. The van der Waals surface area contributed by atoms with E-state index >= 15 is 0 Å². The molecule has 0 aliphatic rings. The number of halogens is 1. The molecule has 1 amide bonds. The number of ether oxygens (including phenoxy) is 2. The van der Waals surface area contributed by atoms with E-state index in [1.165, 1.54) is 0 Å². The van der Waals surface area contributed by atoms with Crippen molar-refractivity contribution in [3.63, 3.8) is 0 Å². The van der Waals surface area contributed by atoms with Gasteiger partial charge in [-0.2, -0.15) is 0 Å². The lowest BCUT2D eigenvalue weighted by molar-refractivity contribution is 0.102. The summed E-state index contributed by atoms with van der Waals surface area (Å²) in [5.74, 6) is 0.840. The molecule has 0 atom stereocenters. The van der Waals surface area contributed by atoms with E-state index < -0.39 is 0 Å². The second-order valence-electron chi connectivity index (χ2n) is 5.95. The Labute approximate surface area is 177 Å². The van der Waals surface area contributed by atoms with Crippen LogP contribution in [0.15, 0.2) is 76.1 Å². The van der Waals surface area contributed by atoms with Gasteiger partial charge in [0.1, 0.15) is 6.61 Å². The van der Waals surface area contributed by atoms with Gasteiger partial charge in [0.15, 0.2) is 11.5 Å². The van der Waals surface area contributed by atoms with Gasteiger partial charge in [-0.3, -0.25) is 4.79 Å². The van der Waals surface area contributed by atoms with E-state index in [9.17, 15) is 4.79 Å². The summed E-state index contributed by atoms with van der Waals surface area (Å²) >= 11 is 5.13. The minimum absolute atomic E-state index is 0.216. The molecule has 0 fully saturated rings. The molecule has 3 aromatic carbocycles. The predicted molar refractivity (Wildman–Crippen MR) is 118 cm³/mol. The Kier molecular flexibility index (Phi) is 7.01. The summed E-state index contributed by atoms with van der Waals surface area (Å²) in [6.45, 7) is 0.406. The van der Waals surface area contributed by atoms with Crippen LogP contribution in [0.2, 0.25) is 0 Å². The highest BCUT2D eigenvalue weighted by Crippen LogP contribution is 2.37. The van der Waals surface area contributed by atoms with E-state index in [1.54, 1.807) is 31.0 Å². The van der Waals surface area contributed by atoms with E-state index in [4.69, 9.17) is 9.47 Å². The minimum atomic E-state index is -0.216. The van der Waals surface area contributed by atoms with Gasteiger partial charge in [-0.15, -0.1) is 11.8 Å². The lowest BCUT2D eigenvalue weighted by Crippen LogP contribution is -2.12. The maximum Gasteiger partial charge on any atom is 0.255 e. The molecule has 0 aliphatic carbocycles. The normalized spacial score (nSPS) is 10.4. The molecule has 6 heteroatoms. The zero-order valence-electron chi connectivity index (χ0n) is 15.6. The Bertz CT molecular complexity index is 963. The summed E-state index contributed by atoms with van der Waals surface area (Å²) in [4.78, 5) is 13.8. The number of carbonyl (C=O) groups is 1. The number of hydrogen-bond acceptors (Lipinski definition) is 4. The first-order chi connectivity index (χ1) is 13.6. The summed E-state index contributed by atoms with van der Waals surface area (Å²) in [7, 11) is 1.56. The molecule has 0 spiro atoms. The first-order valence-corrected chi connectivity index (χ1v) is 10.6. The highest BCUT2D eigenvalue weighted by Gasteiger charge is 2.16. The molecule has 1 N–H and O–H groups in total. The van der Waals surface area contributed by atoms with Crippen LogP contribution in [0.25, 0.3) is 0 Å². The highest BCUT2D eigenvalue weighted by atomic mass is 79.9. The minimum Gasteiger partial charge on any atom is -0.493 e.